The topological polar surface area (TPSA) is 29.1 Å². The second kappa shape index (κ2) is 3.12. The predicted octanol–water partition coefficient (Wildman–Crippen LogP) is 2.87. The van der Waals surface area contributed by atoms with Crippen molar-refractivity contribution in [1.29, 1.82) is 0 Å². The molecule has 1 aromatic carbocycles. The van der Waals surface area contributed by atoms with Gasteiger partial charge in [0, 0.05) is 5.69 Å². The van der Waals surface area contributed by atoms with Crippen molar-refractivity contribution < 1.29 is 4.79 Å². The Morgan fingerprint density at radius 1 is 1.36 bits per heavy atom. The minimum Gasteiger partial charge on any atom is -0.325 e. The molecule has 1 unspecified atom stereocenters. The minimum absolute atomic E-state index is 0.00343. The number of benzene rings is 1. The first-order chi connectivity index (χ1) is 6.59. The maximum Gasteiger partial charge on any atom is 0.231 e. The van der Waals surface area contributed by atoms with E-state index in [-0.39, 0.29) is 11.8 Å². The molecule has 0 radical (unpaired) electrons. The highest BCUT2D eigenvalue weighted by Gasteiger charge is 2.26. The molecule has 1 amide bonds. The summed E-state index contributed by atoms with van der Waals surface area (Å²) in [7, 11) is 0. The van der Waals surface area contributed by atoms with Gasteiger partial charge in [-0.05, 0) is 30.0 Å². The van der Waals surface area contributed by atoms with Crippen LogP contribution in [0.1, 0.15) is 43.7 Å². The summed E-state index contributed by atoms with van der Waals surface area (Å²) >= 11 is 0. The molecule has 0 spiro atoms. The average molecular weight is 189 g/mol. The Balaban J connectivity index is 2.46. The van der Waals surface area contributed by atoms with Crippen LogP contribution in [0.2, 0.25) is 0 Å². The summed E-state index contributed by atoms with van der Waals surface area (Å²) in [4.78, 5) is 11.4. The zero-order chi connectivity index (χ0) is 10.3. The molecule has 0 fully saturated rings. The molecule has 1 atom stereocenters. The summed E-state index contributed by atoms with van der Waals surface area (Å²) in [6.07, 6.45) is 0. The van der Waals surface area contributed by atoms with Gasteiger partial charge in [-0.2, -0.15) is 0 Å². The summed E-state index contributed by atoms with van der Waals surface area (Å²) < 4.78 is 0. The number of hydrogen-bond donors (Lipinski definition) is 1. The van der Waals surface area contributed by atoms with E-state index in [1.165, 1.54) is 5.56 Å². The molecule has 0 bridgehead atoms. The maximum absolute atomic E-state index is 11.4. The van der Waals surface area contributed by atoms with E-state index >= 15 is 0 Å². The maximum atomic E-state index is 11.4. The van der Waals surface area contributed by atoms with Gasteiger partial charge >= 0.3 is 0 Å². The third kappa shape index (κ3) is 1.31. The van der Waals surface area contributed by atoms with Gasteiger partial charge in [0.25, 0.3) is 0 Å². The van der Waals surface area contributed by atoms with Crippen LogP contribution in [0.3, 0.4) is 0 Å². The van der Waals surface area contributed by atoms with Crippen LogP contribution in [0.15, 0.2) is 18.2 Å². The quantitative estimate of drug-likeness (QED) is 0.723. The van der Waals surface area contributed by atoms with E-state index in [9.17, 15) is 4.79 Å². The number of carbonyl (C=O) groups excluding carboxylic acids is 1. The van der Waals surface area contributed by atoms with Crippen LogP contribution in [0, 0.1) is 0 Å². The molecular formula is C12H15NO. The SMILES string of the molecule is CC(C)c1ccc2c(c1)C(C)C(=O)N2. The second-order valence-corrected chi connectivity index (χ2v) is 4.21. The van der Waals surface area contributed by atoms with E-state index in [1.54, 1.807) is 0 Å². The third-order valence-electron chi connectivity index (χ3n) is 2.86. The van der Waals surface area contributed by atoms with Crippen molar-refractivity contribution in [2.24, 2.45) is 0 Å². The van der Waals surface area contributed by atoms with Crippen molar-refractivity contribution in [3.8, 4) is 0 Å². The molecule has 1 aliphatic heterocycles. The largest absolute Gasteiger partial charge is 0.325 e. The second-order valence-electron chi connectivity index (χ2n) is 4.21. The van der Waals surface area contributed by atoms with Crippen molar-refractivity contribution in [3.05, 3.63) is 29.3 Å². The normalized spacial score (nSPS) is 19.7. The number of hydrogen-bond acceptors (Lipinski definition) is 1. The van der Waals surface area contributed by atoms with Gasteiger partial charge in [-0.25, -0.2) is 0 Å². The van der Waals surface area contributed by atoms with Crippen LogP contribution in [-0.4, -0.2) is 5.91 Å². The monoisotopic (exact) mass is 189 g/mol. The zero-order valence-electron chi connectivity index (χ0n) is 8.79. The number of anilines is 1. The van der Waals surface area contributed by atoms with Crippen molar-refractivity contribution in [3.63, 3.8) is 0 Å². The first-order valence-corrected chi connectivity index (χ1v) is 5.04. The summed E-state index contributed by atoms with van der Waals surface area (Å²) in [6.45, 7) is 6.28. The lowest BCUT2D eigenvalue weighted by Gasteiger charge is -2.08. The lowest BCUT2D eigenvalue weighted by molar-refractivity contribution is -0.116. The predicted molar refractivity (Wildman–Crippen MR) is 57.6 cm³/mol. The summed E-state index contributed by atoms with van der Waals surface area (Å²) in [6, 6.07) is 6.23. The Kier molecular flexibility index (Phi) is 2.06. The van der Waals surface area contributed by atoms with Gasteiger partial charge in [-0.3, -0.25) is 4.79 Å². The Morgan fingerprint density at radius 3 is 2.71 bits per heavy atom. The summed E-state index contributed by atoms with van der Waals surface area (Å²) in [5, 5.41) is 2.87. The van der Waals surface area contributed by atoms with E-state index in [0.29, 0.717) is 5.92 Å². The number of fused-ring (bicyclic) bond motifs is 1. The molecule has 0 aliphatic carbocycles. The van der Waals surface area contributed by atoms with Crippen molar-refractivity contribution in [1.82, 2.24) is 0 Å². The molecule has 1 N–H and O–H groups in total. The Hall–Kier alpha value is -1.31. The van der Waals surface area contributed by atoms with Gasteiger partial charge < -0.3 is 5.32 Å². The molecule has 2 nitrogen and oxygen atoms in total. The molecule has 1 aromatic rings. The fourth-order valence-electron chi connectivity index (χ4n) is 1.79. The van der Waals surface area contributed by atoms with Gasteiger partial charge in [0.2, 0.25) is 5.91 Å². The van der Waals surface area contributed by atoms with Gasteiger partial charge in [0.05, 0.1) is 5.92 Å². The van der Waals surface area contributed by atoms with E-state index in [1.807, 2.05) is 13.0 Å². The van der Waals surface area contributed by atoms with Crippen molar-refractivity contribution in [2.75, 3.05) is 5.32 Å². The van der Waals surface area contributed by atoms with Gasteiger partial charge in [-0.1, -0.05) is 26.0 Å². The highest BCUT2D eigenvalue weighted by Crippen LogP contribution is 2.34. The molecule has 1 heterocycles. The fourth-order valence-corrected chi connectivity index (χ4v) is 1.79. The lowest BCUT2D eigenvalue weighted by atomic mass is 9.96. The molecule has 1 aliphatic rings. The number of carbonyl (C=O) groups is 1. The first-order valence-electron chi connectivity index (χ1n) is 5.04. The number of nitrogens with one attached hydrogen (secondary N) is 1. The van der Waals surface area contributed by atoms with Crippen LogP contribution in [-0.2, 0) is 4.79 Å². The molecule has 2 rings (SSSR count). The van der Waals surface area contributed by atoms with Gasteiger partial charge in [0.15, 0.2) is 0 Å². The smallest absolute Gasteiger partial charge is 0.231 e. The van der Waals surface area contributed by atoms with Gasteiger partial charge in [0.1, 0.15) is 0 Å². The molecule has 0 saturated carbocycles. The number of amides is 1. The van der Waals surface area contributed by atoms with E-state index < -0.39 is 0 Å². The fraction of sp³-hybridized carbons (Fsp3) is 0.417. The number of rotatable bonds is 1. The molecule has 2 heteroatoms. The van der Waals surface area contributed by atoms with Crippen molar-refractivity contribution >= 4 is 11.6 Å². The highest BCUT2D eigenvalue weighted by atomic mass is 16.2. The van der Waals surface area contributed by atoms with Crippen LogP contribution in [0.4, 0.5) is 5.69 Å². The Labute approximate surface area is 84.3 Å². The standard InChI is InChI=1S/C12H15NO/c1-7(2)9-4-5-11-10(6-9)8(3)12(14)13-11/h4-8H,1-3H3,(H,13,14). The van der Waals surface area contributed by atoms with E-state index in [4.69, 9.17) is 0 Å². The molecular weight excluding hydrogens is 174 g/mol. The summed E-state index contributed by atoms with van der Waals surface area (Å²) in [5.41, 5.74) is 3.42. The molecule has 14 heavy (non-hydrogen) atoms. The van der Waals surface area contributed by atoms with Crippen LogP contribution >= 0.6 is 0 Å². The molecule has 74 valence electrons. The zero-order valence-corrected chi connectivity index (χ0v) is 8.79. The lowest BCUT2D eigenvalue weighted by Crippen LogP contribution is -2.08. The van der Waals surface area contributed by atoms with Crippen LogP contribution in [0.25, 0.3) is 0 Å². The highest BCUT2D eigenvalue weighted by molar-refractivity contribution is 6.02. The molecule has 0 aromatic heterocycles. The average Bonchev–Trinajstić information content (AvgIpc) is 2.43. The molecule has 0 saturated heterocycles. The minimum atomic E-state index is 0.00343. The van der Waals surface area contributed by atoms with Crippen LogP contribution < -0.4 is 5.32 Å². The Morgan fingerprint density at radius 2 is 2.07 bits per heavy atom. The Bertz CT molecular complexity index is 382. The van der Waals surface area contributed by atoms with Crippen molar-refractivity contribution in [2.45, 2.75) is 32.6 Å². The summed E-state index contributed by atoms with van der Waals surface area (Å²) in [5.74, 6) is 0.632. The van der Waals surface area contributed by atoms with Gasteiger partial charge in [-0.15, -0.1) is 0 Å². The van der Waals surface area contributed by atoms with E-state index in [2.05, 4.69) is 31.3 Å². The van der Waals surface area contributed by atoms with E-state index in [0.717, 1.165) is 11.3 Å². The van der Waals surface area contributed by atoms with Crippen LogP contribution in [0.5, 0.6) is 0 Å². The third-order valence-corrected chi connectivity index (χ3v) is 2.86. The first kappa shape index (κ1) is 9.25.